The van der Waals surface area contributed by atoms with E-state index in [1.807, 2.05) is 13.8 Å². The van der Waals surface area contributed by atoms with E-state index in [9.17, 15) is 9.59 Å². The van der Waals surface area contributed by atoms with E-state index in [-0.39, 0.29) is 35.2 Å². The number of aromatic nitrogens is 2. The Bertz CT molecular complexity index is 780. The Morgan fingerprint density at radius 3 is 1.59 bits per heavy atom. The predicted molar refractivity (Wildman–Crippen MR) is 84.1 cm³/mol. The van der Waals surface area contributed by atoms with Crippen LogP contribution in [0.2, 0.25) is 0 Å². The van der Waals surface area contributed by atoms with Crippen molar-refractivity contribution in [2.24, 2.45) is 11.8 Å². The minimum Gasteiger partial charge on any atom is -0.292 e. The highest BCUT2D eigenvalue weighted by Crippen LogP contribution is 2.58. The number of ketones is 2. The molecule has 6 heteroatoms. The zero-order valence-corrected chi connectivity index (χ0v) is 13.9. The third-order valence-corrected chi connectivity index (χ3v) is 7.53. The fourth-order valence-electron chi connectivity index (χ4n) is 4.46. The molecule has 5 rings (SSSR count). The monoisotopic (exact) mass is 330 g/mol. The van der Waals surface area contributed by atoms with E-state index < -0.39 is 0 Å². The van der Waals surface area contributed by atoms with Crippen LogP contribution >= 0.6 is 22.7 Å². The van der Waals surface area contributed by atoms with E-state index in [0.717, 1.165) is 32.6 Å². The zero-order chi connectivity index (χ0) is 15.2. The second kappa shape index (κ2) is 4.11. The number of fused-ring (bicyclic) bond motifs is 6. The van der Waals surface area contributed by atoms with Gasteiger partial charge in [-0.15, -0.1) is 22.7 Å². The molecule has 22 heavy (non-hydrogen) atoms. The van der Waals surface area contributed by atoms with Crippen molar-refractivity contribution in [3.05, 3.63) is 31.2 Å². The van der Waals surface area contributed by atoms with Gasteiger partial charge in [0.1, 0.15) is 11.4 Å². The molecule has 112 valence electrons. The number of hydrogen-bond acceptors (Lipinski definition) is 6. The molecular formula is C16H14N2O2S2. The lowest BCUT2D eigenvalue weighted by Gasteiger charge is -2.32. The van der Waals surface area contributed by atoms with Crippen LogP contribution in [0.15, 0.2) is 0 Å². The molecule has 0 amide bonds. The molecule has 0 aliphatic heterocycles. The summed E-state index contributed by atoms with van der Waals surface area (Å²) in [7, 11) is 0. The van der Waals surface area contributed by atoms with Gasteiger partial charge in [-0.2, -0.15) is 0 Å². The van der Waals surface area contributed by atoms with Crippen molar-refractivity contribution in [2.45, 2.75) is 38.5 Å². The second-order valence-electron chi connectivity index (χ2n) is 6.52. The van der Waals surface area contributed by atoms with Gasteiger partial charge in [0.15, 0.2) is 11.6 Å². The average molecular weight is 330 g/mol. The highest BCUT2D eigenvalue weighted by atomic mass is 32.1. The molecule has 3 aliphatic rings. The van der Waals surface area contributed by atoms with Gasteiger partial charge in [-0.25, -0.2) is 9.97 Å². The molecule has 0 saturated heterocycles. The summed E-state index contributed by atoms with van der Waals surface area (Å²) < 4.78 is 0. The Balaban J connectivity index is 1.58. The van der Waals surface area contributed by atoms with Gasteiger partial charge in [0.05, 0.1) is 10.0 Å². The molecule has 0 radical (unpaired) electrons. The topological polar surface area (TPSA) is 59.9 Å². The van der Waals surface area contributed by atoms with Crippen molar-refractivity contribution in [1.82, 2.24) is 9.97 Å². The van der Waals surface area contributed by atoms with E-state index in [1.54, 1.807) is 22.7 Å². The van der Waals surface area contributed by atoms with Gasteiger partial charge in [-0.1, -0.05) is 0 Å². The average Bonchev–Trinajstić information content (AvgIpc) is 3.17. The van der Waals surface area contributed by atoms with E-state index in [1.165, 1.54) is 0 Å². The molecule has 0 spiro atoms. The highest BCUT2D eigenvalue weighted by molar-refractivity contribution is 7.12. The Labute approximate surface area is 135 Å². The Morgan fingerprint density at radius 2 is 1.18 bits per heavy atom. The lowest BCUT2D eigenvalue weighted by molar-refractivity contribution is 0.0786. The number of nitrogens with zero attached hydrogens (tertiary/aromatic N) is 2. The van der Waals surface area contributed by atoms with Gasteiger partial charge in [0.2, 0.25) is 0 Å². The molecule has 3 aliphatic carbocycles. The molecule has 2 aromatic rings. The van der Waals surface area contributed by atoms with Crippen molar-refractivity contribution >= 4 is 34.2 Å². The van der Waals surface area contributed by atoms with Crippen LogP contribution in [0.4, 0.5) is 0 Å². The lowest BCUT2D eigenvalue weighted by atomic mass is 9.70. The Kier molecular flexibility index (Phi) is 2.45. The first kappa shape index (κ1) is 13.1. The largest absolute Gasteiger partial charge is 0.292 e. The van der Waals surface area contributed by atoms with E-state index in [0.29, 0.717) is 11.4 Å². The summed E-state index contributed by atoms with van der Waals surface area (Å²) in [6, 6.07) is 0. The fourth-order valence-corrected chi connectivity index (χ4v) is 6.68. The first-order valence-electron chi connectivity index (χ1n) is 7.57. The van der Waals surface area contributed by atoms with Crippen LogP contribution in [0.5, 0.6) is 0 Å². The maximum Gasteiger partial charge on any atom is 0.186 e. The highest BCUT2D eigenvalue weighted by Gasteiger charge is 2.54. The van der Waals surface area contributed by atoms with Gasteiger partial charge in [0, 0.05) is 33.4 Å². The quantitative estimate of drug-likeness (QED) is 0.742. The third-order valence-electron chi connectivity index (χ3n) is 5.32. The first-order valence-corrected chi connectivity index (χ1v) is 9.21. The summed E-state index contributed by atoms with van der Waals surface area (Å²) in [4.78, 5) is 36.5. The molecule has 0 N–H and O–H groups in total. The smallest absolute Gasteiger partial charge is 0.186 e. The fraction of sp³-hybridized carbons (Fsp3) is 0.500. The van der Waals surface area contributed by atoms with Gasteiger partial charge >= 0.3 is 0 Å². The standard InChI is InChI=1S/C16H14N2O2S2/c1-5-17-11-13(19)7-4-10-8(3-9(7)15(11)21-5)14(20)12-16(10)22-6(2)18-12/h7-10H,3-4H2,1-2H3. The number of carbonyl (C=O) groups is 2. The van der Waals surface area contributed by atoms with Gasteiger partial charge in [-0.05, 0) is 26.7 Å². The van der Waals surface area contributed by atoms with Crippen LogP contribution in [0, 0.1) is 25.7 Å². The number of aryl methyl sites for hydroxylation is 2. The number of hydrogen-bond donors (Lipinski definition) is 0. The lowest BCUT2D eigenvalue weighted by Crippen LogP contribution is -2.30. The number of Topliss-reactive ketones (excluding diaryl/α,β-unsaturated/α-hetero) is 2. The number of rotatable bonds is 0. The molecule has 0 aromatic carbocycles. The number of thiazole rings is 2. The van der Waals surface area contributed by atoms with Crippen LogP contribution in [0.1, 0.15) is 65.4 Å². The summed E-state index contributed by atoms with van der Waals surface area (Å²) in [6.07, 6.45) is 1.58. The summed E-state index contributed by atoms with van der Waals surface area (Å²) >= 11 is 3.27. The Morgan fingerprint density at radius 1 is 0.773 bits per heavy atom. The third kappa shape index (κ3) is 1.47. The van der Waals surface area contributed by atoms with Crippen molar-refractivity contribution in [3.8, 4) is 0 Å². The summed E-state index contributed by atoms with van der Waals surface area (Å²) in [5.74, 6) is 0.853. The van der Waals surface area contributed by atoms with Crippen LogP contribution in [0.3, 0.4) is 0 Å². The van der Waals surface area contributed by atoms with Gasteiger partial charge in [0.25, 0.3) is 0 Å². The maximum absolute atomic E-state index is 12.7. The molecule has 4 nitrogen and oxygen atoms in total. The SMILES string of the molecule is Cc1nc2c(s1)C1CC3C(=O)c4nc(C)sc4C3CC1C2=O. The molecule has 1 fully saturated rings. The van der Waals surface area contributed by atoms with E-state index in [2.05, 4.69) is 9.97 Å². The normalized spacial score (nSPS) is 31.9. The molecule has 2 aromatic heterocycles. The molecule has 4 atom stereocenters. The molecular weight excluding hydrogens is 316 g/mol. The molecule has 4 unspecified atom stereocenters. The minimum absolute atomic E-state index is 0.0248. The molecule has 1 saturated carbocycles. The molecule has 2 heterocycles. The van der Waals surface area contributed by atoms with Crippen molar-refractivity contribution in [2.75, 3.05) is 0 Å². The van der Waals surface area contributed by atoms with Crippen molar-refractivity contribution in [3.63, 3.8) is 0 Å². The van der Waals surface area contributed by atoms with Crippen LogP contribution < -0.4 is 0 Å². The van der Waals surface area contributed by atoms with Gasteiger partial charge < -0.3 is 0 Å². The summed E-state index contributed by atoms with van der Waals surface area (Å²) in [6.45, 7) is 3.89. The Hall–Kier alpha value is -1.40. The summed E-state index contributed by atoms with van der Waals surface area (Å²) in [5, 5.41) is 1.90. The van der Waals surface area contributed by atoms with Crippen molar-refractivity contribution < 1.29 is 9.59 Å². The summed E-state index contributed by atoms with van der Waals surface area (Å²) in [5.41, 5.74) is 1.37. The van der Waals surface area contributed by atoms with E-state index >= 15 is 0 Å². The van der Waals surface area contributed by atoms with Crippen LogP contribution in [-0.2, 0) is 0 Å². The molecule has 0 bridgehead atoms. The second-order valence-corrected chi connectivity index (χ2v) is 8.99. The van der Waals surface area contributed by atoms with E-state index in [4.69, 9.17) is 0 Å². The maximum atomic E-state index is 12.7. The number of carbonyl (C=O) groups excluding carboxylic acids is 2. The van der Waals surface area contributed by atoms with Gasteiger partial charge in [-0.3, -0.25) is 9.59 Å². The minimum atomic E-state index is 0.0248. The van der Waals surface area contributed by atoms with Crippen molar-refractivity contribution in [1.29, 1.82) is 0 Å². The van der Waals surface area contributed by atoms with Crippen LogP contribution in [-0.4, -0.2) is 21.5 Å². The first-order chi connectivity index (χ1) is 10.5. The zero-order valence-electron chi connectivity index (χ0n) is 12.3. The van der Waals surface area contributed by atoms with Crippen LogP contribution in [0.25, 0.3) is 0 Å². The predicted octanol–water partition coefficient (Wildman–Crippen LogP) is 3.50.